The highest BCUT2D eigenvalue weighted by atomic mass is 19.4. The highest BCUT2D eigenvalue weighted by Crippen LogP contribution is 2.69. The highest BCUT2D eigenvalue weighted by molar-refractivity contribution is 5.99. The molecule has 0 saturated heterocycles. The SMILES string of the molecule is Cc1cccc(NC(=O)C2(F)C(F)(F)C(F)(F)C(F)(F)C(F)(F)C2(F)F)n1. The standard InChI is InChI=1S/C13H7F11N2O/c1-5-3-2-4-6(25-5)26-7(27)8(14)9(15,16)11(19,20)13(23,24)12(21,22)10(8,17)18/h2-4H,1H3,(H,25,26,27). The van der Waals surface area contributed by atoms with Crippen LogP contribution in [0.4, 0.5) is 54.1 Å². The van der Waals surface area contributed by atoms with Crippen LogP contribution in [0.15, 0.2) is 18.2 Å². The first-order chi connectivity index (χ1) is 11.9. The van der Waals surface area contributed by atoms with E-state index in [4.69, 9.17) is 0 Å². The molecule has 14 heteroatoms. The molecule has 0 bridgehead atoms. The fourth-order valence-electron chi connectivity index (χ4n) is 2.32. The van der Waals surface area contributed by atoms with E-state index in [1.807, 2.05) is 0 Å². The van der Waals surface area contributed by atoms with Crippen molar-refractivity contribution in [1.29, 1.82) is 0 Å². The molecule has 0 unspecified atom stereocenters. The van der Waals surface area contributed by atoms with Gasteiger partial charge in [0.15, 0.2) is 0 Å². The van der Waals surface area contributed by atoms with Crippen molar-refractivity contribution in [2.75, 3.05) is 5.32 Å². The van der Waals surface area contributed by atoms with Crippen molar-refractivity contribution in [3.05, 3.63) is 23.9 Å². The number of anilines is 1. The van der Waals surface area contributed by atoms with E-state index in [1.165, 1.54) is 13.0 Å². The summed E-state index contributed by atoms with van der Waals surface area (Å²) in [5, 5.41) is 0.911. The van der Waals surface area contributed by atoms with Crippen LogP contribution in [0.3, 0.4) is 0 Å². The van der Waals surface area contributed by atoms with Crippen molar-refractivity contribution in [3.8, 4) is 0 Å². The van der Waals surface area contributed by atoms with E-state index in [-0.39, 0.29) is 5.69 Å². The molecule has 1 heterocycles. The molecule has 0 atom stereocenters. The first kappa shape index (κ1) is 21.2. The molecule has 0 radical (unpaired) electrons. The Hall–Kier alpha value is -2.15. The number of hydrogen-bond donors (Lipinski definition) is 1. The second-order valence-electron chi connectivity index (χ2n) is 5.65. The Labute approximate surface area is 142 Å². The van der Waals surface area contributed by atoms with Crippen LogP contribution in [0, 0.1) is 6.92 Å². The number of carbonyl (C=O) groups excluding carboxylic acids is 1. The summed E-state index contributed by atoms with van der Waals surface area (Å²) in [6.45, 7) is 1.22. The molecular weight excluding hydrogens is 409 g/mol. The van der Waals surface area contributed by atoms with Gasteiger partial charge in [0.2, 0.25) is 0 Å². The van der Waals surface area contributed by atoms with Gasteiger partial charge in [0.25, 0.3) is 5.91 Å². The summed E-state index contributed by atoms with van der Waals surface area (Å²) in [6.07, 6.45) is 0. The number of halogens is 11. The van der Waals surface area contributed by atoms with Crippen molar-refractivity contribution in [1.82, 2.24) is 4.98 Å². The van der Waals surface area contributed by atoms with Crippen LogP contribution < -0.4 is 5.32 Å². The van der Waals surface area contributed by atoms with Gasteiger partial charge in [-0.25, -0.2) is 9.37 Å². The lowest BCUT2D eigenvalue weighted by atomic mass is 9.71. The second kappa shape index (κ2) is 5.44. The molecule has 1 amide bonds. The zero-order valence-electron chi connectivity index (χ0n) is 12.7. The van der Waals surface area contributed by atoms with E-state index in [2.05, 4.69) is 4.98 Å². The van der Waals surface area contributed by atoms with E-state index in [1.54, 1.807) is 0 Å². The van der Waals surface area contributed by atoms with E-state index >= 15 is 0 Å². The molecule has 0 spiro atoms. The number of carbonyl (C=O) groups is 1. The zero-order valence-corrected chi connectivity index (χ0v) is 12.7. The van der Waals surface area contributed by atoms with Crippen LogP contribution in [-0.2, 0) is 4.79 Å². The number of hydrogen-bond acceptors (Lipinski definition) is 2. The van der Waals surface area contributed by atoms with Gasteiger partial charge >= 0.3 is 35.3 Å². The summed E-state index contributed by atoms with van der Waals surface area (Å²) >= 11 is 0. The Morgan fingerprint density at radius 3 is 1.59 bits per heavy atom. The summed E-state index contributed by atoms with van der Waals surface area (Å²) in [7, 11) is 0. The number of nitrogens with one attached hydrogen (secondary N) is 1. The van der Waals surface area contributed by atoms with Gasteiger partial charge in [-0.2, -0.15) is 43.9 Å². The summed E-state index contributed by atoms with van der Waals surface area (Å²) in [5.74, 6) is -40.8. The molecule has 1 aliphatic rings. The van der Waals surface area contributed by atoms with Crippen LogP contribution in [0.2, 0.25) is 0 Å². The molecular formula is C13H7F11N2O. The summed E-state index contributed by atoms with van der Waals surface area (Å²) in [5.41, 5.74) is -6.75. The zero-order chi connectivity index (χ0) is 21.3. The van der Waals surface area contributed by atoms with Crippen molar-refractivity contribution in [2.24, 2.45) is 0 Å². The normalized spacial score (nSPS) is 26.2. The van der Waals surface area contributed by atoms with Gasteiger partial charge in [-0.1, -0.05) is 6.07 Å². The number of alkyl halides is 11. The van der Waals surface area contributed by atoms with Crippen molar-refractivity contribution >= 4 is 11.7 Å². The van der Waals surface area contributed by atoms with Crippen LogP contribution in [-0.4, -0.2) is 46.2 Å². The van der Waals surface area contributed by atoms with Crippen molar-refractivity contribution < 1.29 is 53.1 Å². The lowest BCUT2D eigenvalue weighted by Gasteiger charge is -2.51. The third-order valence-electron chi connectivity index (χ3n) is 3.89. The molecule has 0 aliphatic heterocycles. The Kier molecular flexibility index (Phi) is 4.26. The first-order valence-corrected chi connectivity index (χ1v) is 6.72. The predicted octanol–water partition coefficient (Wildman–Crippen LogP) is 4.23. The largest absolute Gasteiger partial charge is 0.384 e. The molecule has 1 N–H and O–H groups in total. The van der Waals surface area contributed by atoms with E-state index in [9.17, 15) is 53.1 Å². The molecule has 1 aliphatic carbocycles. The summed E-state index contributed by atoms with van der Waals surface area (Å²) in [6, 6.07) is 2.93. The number of nitrogens with zero attached hydrogens (tertiary/aromatic N) is 1. The van der Waals surface area contributed by atoms with E-state index in [0.29, 0.717) is 6.07 Å². The fourth-order valence-corrected chi connectivity index (χ4v) is 2.32. The van der Waals surface area contributed by atoms with Gasteiger partial charge in [-0.05, 0) is 19.1 Å². The first-order valence-electron chi connectivity index (χ1n) is 6.72. The molecule has 1 aromatic heterocycles. The lowest BCUT2D eigenvalue weighted by molar-refractivity contribution is -0.475. The Morgan fingerprint density at radius 1 is 0.778 bits per heavy atom. The quantitative estimate of drug-likeness (QED) is 0.734. The van der Waals surface area contributed by atoms with E-state index < -0.39 is 47.0 Å². The van der Waals surface area contributed by atoms with E-state index in [0.717, 1.165) is 11.4 Å². The van der Waals surface area contributed by atoms with Gasteiger partial charge in [0.1, 0.15) is 5.82 Å². The maximum Gasteiger partial charge on any atom is 0.384 e. The highest BCUT2D eigenvalue weighted by Gasteiger charge is 3.02. The molecule has 2 rings (SSSR count). The second-order valence-corrected chi connectivity index (χ2v) is 5.65. The van der Waals surface area contributed by atoms with Gasteiger partial charge < -0.3 is 5.32 Å². The molecule has 1 saturated carbocycles. The molecule has 1 aromatic rings. The summed E-state index contributed by atoms with van der Waals surface area (Å²) in [4.78, 5) is 14.9. The minimum atomic E-state index is -7.37. The molecule has 152 valence electrons. The van der Waals surface area contributed by atoms with Gasteiger partial charge in [0.05, 0.1) is 0 Å². The Bertz CT molecular complexity index is 747. The molecule has 3 nitrogen and oxygen atoms in total. The molecule has 0 aromatic carbocycles. The number of aryl methyl sites for hydroxylation is 1. The Morgan fingerprint density at radius 2 is 1.19 bits per heavy atom. The maximum atomic E-state index is 14.4. The predicted molar refractivity (Wildman–Crippen MR) is 66.2 cm³/mol. The van der Waals surface area contributed by atoms with Crippen LogP contribution in [0.1, 0.15) is 5.69 Å². The fraction of sp³-hybridized carbons (Fsp3) is 0.538. The smallest absolute Gasteiger partial charge is 0.307 e. The maximum absolute atomic E-state index is 14.4. The average molecular weight is 416 g/mol. The Balaban J connectivity index is 2.68. The van der Waals surface area contributed by atoms with Gasteiger partial charge in [-0.15, -0.1) is 0 Å². The summed E-state index contributed by atoms with van der Waals surface area (Å²) < 4.78 is 149. The average Bonchev–Trinajstić information content (AvgIpc) is 2.51. The van der Waals surface area contributed by atoms with Gasteiger partial charge in [-0.3, -0.25) is 4.79 Å². The minimum absolute atomic E-state index is 0.00920. The van der Waals surface area contributed by atoms with Crippen molar-refractivity contribution in [3.63, 3.8) is 0 Å². The third-order valence-corrected chi connectivity index (χ3v) is 3.89. The topological polar surface area (TPSA) is 42.0 Å². The number of rotatable bonds is 2. The van der Waals surface area contributed by atoms with Crippen LogP contribution >= 0.6 is 0 Å². The minimum Gasteiger partial charge on any atom is -0.307 e. The lowest BCUT2D eigenvalue weighted by Crippen LogP contribution is -2.86. The molecule has 1 fully saturated rings. The van der Waals surface area contributed by atoms with Crippen LogP contribution in [0.25, 0.3) is 0 Å². The monoisotopic (exact) mass is 416 g/mol. The molecule has 27 heavy (non-hydrogen) atoms. The number of amides is 1. The van der Waals surface area contributed by atoms with Crippen molar-refractivity contribution in [2.45, 2.75) is 42.2 Å². The number of pyridine rings is 1. The number of aromatic nitrogens is 1. The third kappa shape index (κ3) is 2.21. The van der Waals surface area contributed by atoms with Gasteiger partial charge in [0, 0.05) is 5.69 Å². The van der Waals surface area contributed by atoms with Crippen LogP contribution in [0.5, 0.6) is 0 Å².